The van der Waals surface area contributed by atoms with Gasteiger partial charge >= 0.3 is 0 Å². The minimum Gasteiger partial charge on any atom is -0.506 e. The molecule has 0 aliphatic rings. The highest BCUT2D eigenvalue weighted by atomic mass is 35.5. The largest absolute Gasteiger partial charge is 0.506 e. The van der Waals surface area contributed by atoms with E-state index < -0.39 is 34.5 Å². The van der Waals surface area contributed by atoms with Gasteiger partial charge in [-0.3, -0.25) is 10.0 Å². The van der Waals surface area contributed by atoms with E-state index in [9.17, 15) is 23.7 Å². The van der Waals surface area contributed by atoms with Crippen LogP contribution in [-0.4, -0.2) is 49.2 Å². The summed E-state index contributed by atoms with van der Waals surface area (Å²) < 4.78 is 38.7. The van der Waals surface area contributed by atoms with Gasteiger partial charge < -0.3 is 24.8 Å². The number of sulfonamides is 1. The quantitative estimate of drug-likeness (QED) is 0.185. The van der Waals surface area contributed by atoms with E-state index in [0.717, 1.165) is 0 Å². The molecule has 0 aliphatic heterocycles. The minimum atomic E-state index is -4.01. The smallest absolute Gasteiger partial charge is 0.262 e. The summed E-state index contributed by atoms with van der Waals surface area (Å²) in [7, 11) is -2.46. The second-order valence-corrected chi connectivity index (χ2v) is 10.3. The molecule has 4 atom stereocenters. The third kappa shape index (κ3) is 7.02. The standard InChI is InChI=1S/C25H29ClN2O7S/c1-15(24(31)17-4-8-19(34-3)9-5-17)27-25(16(2)29)35-20-10-13-23(30)22(14-20)28-36(32,33)21-11-6-18(26)7-12-21/h4-16,24-25,27-31H,1-3H3. The molecule has 3 aromatic carbocycles. The molecule has 0 saturated heterocycles. The summed E-state index contributed by atoms with van der Waals surface area (Å²) in [4.78, 5) is -0.0394. The molecule has 0 heterocycles. The number of hydrogen-bond acceptors (Lipinski definition) is 8. The highest BCUT2D eigenvalue weighted by Crippen LogP contribution is 2.31. The number of phenols is 1. The van der Waals surface area contributed by atoms with E-state index in [4.69, 9.17) is 21.1 Å². The molecule has 0 bridgehead atoms. The van der Waals surface area contributed by atoms with Gasteiger partial charge in [-0.15, -0.1) is 0 Å². The zero-order chi connectivity index (χ0) is 26.5. The van der Waals surface area contributed by atoms with Gasteiger partial charge in [0.2, 0.25) is 0 Å². The van der Waals surface area contributed by atoms with Crippen LogP contribution in [0, 0.1) is 0 Å². The molecule has 0 fully saturated rings. The molecule has 11 heteroatoms. The van der Waals surface area contributed by atoms with Gasteiger partial charge in [-0.25, -0.2) is 8.42 Å². The van der Waals surface area contributed by atoms with Gasteiger partial charge in [0.15, 0.2) is 6.23 Å². The average molecular weight is 537 g/mol. The number of nitrogens with one attached hydrogen (secondary N) is 2. The van der Waals surface area contributed by atoms with Crippen molar-refractivity contribution in [3.63, 3.8) is 0 Å². The predicted octanol–water partition coefficient (Wildman–Crippen LogP) is 3.65. The van der Waals surface area contributed by atoms with E-state index in [1.807, 2.05) is 0 Å². The summed E-state index contributed by atoms with van der Waals surface area (Å²) >= 11 is 5.83. The van der Waals surface area contributed by atoms with Crippen molar-refractivity contribution in [2.45, 2.75) is 43.2 Å². The van der Waals surface area contributed by atoms with E-state index in [1.165, 1.54) is 49.4 Å². The van der Waals surface area contributed by atoms with Gasteiger partial charge in [-0.1, -0.05) is 23.7 Å². The summed E-state index contributed by atoms with van der Waals surface area (Å²) in [5.74, 6) is 0.516. The second kappa shape index (κ2) is 11.8. The SMILES string of the molecule is COc1ccc(C(O)C(C)NC(Oc2ccc(O)c(NS(=O)(=O)c3ccc(Cl)cc3)c2)C(C)O)cc1. The average Bonchev–Trinajstić information content (AvgIpc) is 2.85. The lowest BCUT2D eigenvalue weighted by molar-refractivity contribution is 0.00440. The molecule has 0 aromatic heterocycles. The molecule has 3 rings (SSSR count). The lowest BCUT2D eigenvalue weighted by atomic mass is 10.0. The number of rotatable bonds is 11. The number of methoxy groups -OCH3 is 1. The first kappa shape index (κ1) is 27.6. The molecular formula is C25H29ClN2O7S. The molecule has 0 radical (unpaired) electrons. The Morgan fingerprint density at radius 2 is 1.53 bits per heavy atom. The maximum atomic E-state index is 12.7. The first-order valence-corrected chi connectivity index (χ1v) is 12.9. The maximum Gasteiger partial charge on any atom is 0.262 e. The van der Waals surface area contributed by atoms with Crippen LogP contribution in [0.25, 0.3) is 0 Å². The van der Waals surface area contributed by atoms with E-state index in [1.54, 1.807) is 38.3 Å². The van der Waals surface area contributed by atoms with Crippen LogP contribution in [0.4, 0.5) is 5.69 Å². The Bertz CT molecular complexity index is 1250. The van der Waals surface area contributed by atoms with Gasteiger partial charge in [-0.05, 0) is 67.9 Å². The number of benzene rings is 3. The Kier molecular flexibility index (Phi) is 9.04. The summed E-state index contributed by atoms with van der Waals surface area (Å²) in [6, 6.07) is 16.0. The van der Waals surface area contributed by atoms with E-state index in [2.05, 4.69) is 10.0 Å². The van der Waals surface area contributed by atoms with Crippen LogP contribution in [-0.2, 0) is 10.0 Å². The van der Waals surface area contributed by atoms with Crippen LogP contribution in [0.1, 0.15) is 25.5 Å². The topological polar surface area (TPSA) is 137 Å². The van der Waals surface area contributed by atoms with E-state index in [0.29, 0.717) is 16.3 Å². The lowest BCUT2D eigenvalue weighted by Crippen LogP contribution is -2.49. The molecule has 0 aliphatic carbocycles. The van der Waals surface area contributed by atoms with Gasteiger partial charge in [0.25, 0.3) is 10.0 Å². The van der Waals surface area contributed by atoms with Gasteiger partial charge in [-0.2, -0.15) is 0 Å². The summed E-state index contributed by atoms with van der Waals surface area (Å²) in [6.45, 7) is 3.24. The van der Waals surface area contributed by atoms with Crippen molar-refractivity contribution >= 4 is 27.3 Å². The van der Waals surface area contributed by atoms with Crippen molar-refractivity contribution in [3.8, 4) is 17.2 Å². The third-order valence-electron chi connectivity index (χ3n) is 5.40. The summed E-state index contributed by atoms with van der Waals surface area (Å²) in [6.07, 6.45) is -2.88. The van der Waals surface area contributed by atoms with Crippen LogP contribution in [0.3, 0.4) is 0 Å². The molecule has 194 valence electrons. The van der Waals surface area contributed by atoms with Crippen LogP contribution >= 0.6 is 11.6 Å². The molecule has 4 unspecified atom stereocenters. The number of aromatic hydroxyl groups is 1. The van der Waals surface area contributed by atoms with Crippen molar-refractivity contribution in [3.05, 3.63) is 77.3 Å². The first-order chi connectivity index (χ1) is 17.0. The maximum absolute atomic E-state index is 12.7. The predicted molar refractivity (Wildman–Crippen MR) is 137 cm³/mol. The number of ether oxygens (including phenoxy) is 2. The minimum absolute atomic E-state index is 0.0394. The van der Waals surface area contributed by atoms with Crippen LogP contribution < -0.4 is 19.5 Å². The Labute approximate surface area is 215 Å². The Morgan fingerprint density at radius 3 is 2.11 bits per heavy atom. The highest BCUT2D eigenvalue weighted by molar-refractivity contribution is 7.92. The molecule has 0 saturated carbocycles. The number of halogens is 1. The van der Waals surface area contributed by atoms with E-state index >= 15 is 0 Å². The number of anilines is 1. The first-order valence-electron chi connectivity index (χ1n) is 11.0. The number of aliphatic hydroxyl groups is 2. The van der Waals surface area contributed by atoms with Crippen molar-refractivity contribution in [1.29, 1.82) is 0 Å². The Morgan fingerprint density at radius 1 is 0.917 bits per heavy atom. The van der Waals surface area contributed by atoms with Crippen molar-refractivity contribution in [2.24, 2.45) is 0 Å². The number of aliphatic hydroxyl groups excluding tert-OH is 2. The fraction of sp³-hybridized carbons (Fsp3) is 0.280. The van der Waals surface area contributed by atoms with Gasteiger partial charge in [0.05, 0.1) is 23.8 Å². The highest BCUT2D eigenvalue weighted by Gasteiger charge is 2.25. The molecule has 3 aromatic rings. The fourth-order valence-corrected chi connectivity index (χ4v) is 4.54. The Hall–Kier alpha value is -3.02. The zero-order valence-corrected chi connectivity index (χ0v) is 21.5. The molecular weight excluding hydrogens is 508 g/mol. The third-order valence-corrected chi connectivity index (χ3v) is 7.03. The van der Waals surface area contributed by atoms with Gasteiger partial charge in [0, 0.05) is 17.1 Å². The van der Waals surface area contributed by atoms with Crippen LogP contribution in [0.2, 0.25) is 5.02 Å². The van der Waals surface area contributed by atoms with Crippen LogP contribution in [0.15, 0.2) is 71.6 Å². The van der Waals surface area contributed by atoms with E-state index in [-0.39, 0.29) is 22.1 Å². The summed E-state index contributed by atoms with van der Waals surface area (Å²) in [5.41, 5.74) is 0.529. The van der Waals surface area contributed by atoms with Crippen molar-refractivity contribution in [2.75, 3.05) is 11.8 Å². The Balaban J connectivity index is 1.74. The molecule has 36 heavy (non-hydrogen) atoms. The summed E-state index contributed by atoms with van der Waals surface area (Å²) in [5, 5.41) is 34.6. The monoisotopic (exact) mass is 536 g/mol. The number of hydrogen-bond donors (Lipinski definition) is 5. The second-order valence-electron chi connectivity index (χ2n) is 8.19. The lowest BCUT2D eigenvalue weighted by Gasteiger charge is -2.29. The number of phenolic OH excluding ortho intramolecular Hbond substituents is 1. The molecule has 5 N–H and O–H groups in total. The normalized spacial score (nSPS) is 14.9. The molecule has 9 nitrogen and oxygen atoms in total. The van der Waals surface area contributed by atoms with Crippen molar-refractivity contribution < 1.29 is 33.2 Å². The fourth-order valence-electron chi connectivity index (χ4n) is 3.35. The molecule has 0 spiro atoms. The zero-order valence-electron chi connectivity index (χ0n) is 19.9. The van der Waals surface area contributed by atoms with Gasteiger partial charge in [0.1, 0.15) is 23.4 Å². The van der Waals surface area contributed by atoms with Crippen LogP contribution in [0.5, 0.6) is 17.2 Å². The van der Waals surface area contributed by atoms with Crippen molar-refractivity contribution in [1.82, 2.24) is 5.32 Å². The molecule has 0 amide bonds.